The summed E-state index contributed by atoms with van der Waals surface area (Å²) in [6.45, 7) is 9.58. The number of piperazine rings is 1. The first-order chi connectivity index (χ1) is 8.70. The minimum Gasteiger partial charge on any atom is -0.298 e. The third-order valence-corrected chi connectivity index (χ3v) is 4.70. The van der Waals surface area contributed by atoms with Crippen LogP contribution in [0.15, 0.2) is 0 Å². The Balaban J connectivity index is 1.77. The Kier molecular flexibility index (Phi) is 5.19. The molecule has 2 rings (SSSR count). The lowest BCUT2D eigenvalue weighted by molar-refractivity contribution is -0.125. The number of ketones is 1. The summed E-state index contributed by atoms with van der Waals surface area (Å²) in [5.74, 6) is 0.880. The quantitative estimate of drug-likeness (QED) is 0.766. The molecule has 1 atom stereocenters. The molecule has 1 aliphatic heterocycles. The number of rotatable bonds is 4. The van der Waals surface area contributed by atoms with Crippen molar-refractivity contribution in [1.82, 2.24) is 9.80 Å². The predicted octanol–water partition coefficient (Wildman–Crippen LogP) is 2.16. The lowest BCUT2D eigenvalue weighted by Crippen LogP contribution is -2.53. The molecule has 0 aromatic heterocycles. The molecule has 0 radical (unpaired) electrons. The number of carbonyl (C=O) groups is 1. The highest BCUT2D eigenvalue weighted by Crippen LogP contribution is 2.24. The third kappa shape index (κ3) is 3.55. The van der Waals surface area contributed by atoms with Crippen molar-refractivity contribution in [3.8, 4) is 0 Å². The van der Waals surface area contributed by atoms with Crippen molar-refractivity contribution in [1.29, 1.82) is 0 Å². The summed E-state index contributed by atoms with van der Waals surface area (Å²) < 4.78 is 0. The van der Waals surface area contributed by atoms with E-state index in [1.54, 1.807) is 0 Å². The molecule has 2 aliphatic rings. The number of hydrogen-bond acceptors (Lipinski definition) is 3. The maximum Gasteiger partial charge on any atom is 0.149 e. The van der Waals surface area contributed by atoms with E-state index in [0.717, 1.165) is 39.0 Å². The Labute approximate surface area is 112 Å². The van der Waals surface area contributed by atoms with E-state index >= 15 is 0 Å². The standard InChI is InChI=1S/C15H28N2O/c1-3-17-10-9-16(11-13(17)2)12-15(18)14-7-5-4-6-8-14/h13-14H,3-12H2,1-2H3. The summed E-state index contributed by atoms with van der Waals surface area (Å²) in [4.78, 5) is 17.1. The monoisotopic (exact) mass is 252 g/mol. The summed E-state index contributed by atoms with van der Waals surface area (Å²) in [7, 11) is 0. The molecule has 0 bridgehead atoms. The van der Waals surface area contributed by atoms with Gasteiger partial charge in [-0.05, 0) is 26.3 Å². The first kappa shape index (κ1) is 14.0. The Morgan fingerprint density at radius 1 is 1.17 bits per heavy atom. The van der Waals surface area contributed by atoms with Crippen LogP contribution >= 0.6 is 0 Å². The molecule has 1 saturated heterocycles. The first-order valence-electron chi connectivity index (χ1n) is 7.69. The van der Waals surface area contributed by atoms with E-state index in [4.69, 9.17) is 0 Å². The van der Waals surface area contributed by atoms with E-state index in [2.05, 4.69) is 23.6 Å². The molecule has 3 heteroatoms. The summed E-state index contributed by atoms with van der Waals surface area (Å²) >= 11 is 0. The van der Waals surface area contributed by atoms with Crippen molar-refractivity contribution in [2.24, 2.45) is 5.92 Å². The van der Waals surface area contributed by atoms with E-state index in [1.807, 2.05) is 0 Å². The second kappa shape index (κ2) is 6.67. The molecule has 1 heterocycles. The Morgan fingerprint density at radius 2 is 1.89 bits per heavy atom. The molecule has 104 valence electrons. The maximum atomic E-state index is 12.3. The molecule has 0 N–H and O–H groups in total. The lowest BCUT2D eigenvalue weighted by atomic mass is 9.86. The predicted molar refractivity (Wildman–Crippen MR) is 74.7 cm³/mol. The molecule has 0 aromatic carbocycles. The molecule has 3 nitrogen and oxygen atoms in total. The summed E-state index contributed by atoms with van der Waals surface area (Å²) in [6, 6.07) is 0.600. The van der Waals surface area contributed by atoms with Gasteiger partial charge in [-0.1, -0.05) is 26.2 Å². The van der Waals surface area contributed by atoms with Gasteiger partial charge in [-0.3, -0.25) is 14.6 Å². The van der Waals surface area contributed by atoms with Crippen LogP contribution in [0.25, 0.3) is 0 Å². The average Bonchev–Trinajstić information content (AvgIpc) is 2.40. The second-order valence-electron chi connectivity index (χ2n) is 6.01. The van der Waals surface area contributed by atoms with Crippen molar-refractivity contribution >= 4 is 5.78 Å². The number of carbonyl (C=O) groups excluding carboxylic acids is 1. The molecule has 0 amide bonds. The molecular formula is C15H28N2O. The Morgan fingerprint density at radius 3 is 2.50 bits per heavy atom. The van der Waals surface area contributed by atoms with Gasteiger partial charge in [-0.2, -0.15) is 0 Å². The molecule has 1 unspecified atom stereocenters. The number of hydrogen-bond donors (Lipinski definition) is 0. The topological polar surface area (TPSA) is 23.6 Å². The minimum absolute atomic E-state index is 0.373. The van der Waals surface area contributed by atoms with Crippen LogP contribution in [0.2, 0.25) is 0 Å². The van der Waals surface area contributed by atoms with E-state index in [1.165, 1.54) is 19.3 Å². The van der Waals surface area contributed by atoms with Gasteiger partial charge in [-0.25, -0.2) is 0 Å². The van der Waals surface area contributed by atoms with Gasteiger partial charge < -0.3 is 0 Å². The van der Waals surface area contributed by atoms with Gasteiger partial charge in [0.25, 0.3) is 0 Å². The fraction of sp³-hybridized carbons (Fsp3) is 0.933. The fourth-order valence-electron chi connectivity index (χ4n) is 3.46. The average molecular weight is 252 g/mol. The van der Waals surface area contributed by atoms with E-state index in [9.17, 15) is 4.79 Å². The fourth-order valence-corrected chi connectivity index (χ4v) is 3.46. The Hall–Kier alpha value is -0.410. The molecule has 2 fully saturated rings. The highest BCUT2D eigenvalue weighted by Gasteiger charge is 2.27. The van der Waals surface area contributed by atoms with Gasteiger partial charge in [0, 0.05) is 31.6 Å². The van der Waals surface area contributed by atoms with Crippen LogP contribution in [0.3, 0.4) is 0 Å². The molecule has 1 aliphatic carbocycles. The number of likely N-dealkylation sites (N-methyl/N-ethyl adjacent to an activating group) is 1. The lowest BCUT2D eigenvalue weighted by Gasteiger charge is -2.39. The molecule has 0 spiro atoms. The van der Waals surface area contributed by atoms with Gasteiger partial charge in [-0.15, -0.1) is 0 Å². The van der Waals surface area contributed by atoms with E-state index in [-0.39, 0.29) is 0 Å². The highest BCUT2D eigenvalue weighted by atomic mass is 16.1. The van der Waals surface area contributed by atoms with Crippen molar-refractivity contribution in [3.63, 3.8) is 0 Å². The van der Waals surface area contributed by atoms with Crippen molar-refractivity contribution in [2.75, 3.05) is 32.7 Å². The smallest absolute Gasteiger partial charge is 0.149 e. The van der Waals surface area contributed by atoms with Gasteiger partial charge in [0.15, 0.2) is 0 Å². The molecule has 1 saturated carbocycles. The Bertz CT molecular complexity index is 274. The van der Waals surface area contributed by atoms with Crippen molar-refractivity contribution < 1.29 is 4.79 Å². The van der Waals surface area contributed by atoms with Gasteiger partial charge in [0.2, 0.25) is 0 Å². The van der Waals surface area contributed by atoms with Crippen LogP contribution in [0.1, 0.15) is 46.0 Å². The third-order valence-electron chi connectivity index (χ3n) is 4.70. The maximum absolute atomic E-state index is 12.3. The number of Topliss-reactive ketones (excluding diaryl/α,β-unsaturated/α-hetero) is 1. The zero-order chi connectivity index (χ0) is 13.0. The summed E-state index contributed by atoms with van der Waals surface area (Å²) in [6.07, 6.45) is 6.13. The minimum atomic E-state index is 0.373. The largest absolute Gasteiger partial charge is 0.298 e. The molecule has 18 heavy (non-hydrogen) atoms. The summed E-state index contributed by atoms with van der Waals surface area (Å²) in [5, 5.41) is 0. The molecular weight excluding hydrogens is 224 g/mol. The van der Waals surface area contributed by atoms with Crippen LogP contribution in [0, 0.1) is 5.92 Å². The second-order valence-corrected chi connectivity index (χ2v) is 6.01. The van der Waals surface area contributed by atoms with Gasteiger partial charge >= 0.3 is 0 Å². The SMILES string of the molecule is CCN1CCN(CC(=O)C2CCCCC2)CC1C. The van der Waals surface area contributed by atoms with Crippen LogP contribution in [0.5, 0.6) is 0 Å². The molecule has 0 aromatic rings. The van der Waals surface area contributed by atoms with E-state index in [0.29, 0.717) is 24.3 Å². The highest BCUT2D eigenvalue weighted by molar-refractivity contribution is 5.83. The number of nitrogens with zero attached hydrogens (tertiary/aromatic N) is 2. The van der Waals surface area contributed by atoms with Crippen LogP contribution in [0.4, 0.5) is 0 Å². The van der Waals surface area contributed by atoms with Crippen LogP contribution < -0.4 is 0 Å². The van der Waals surface area contributed by atoms with E-state index < -0.39 is 0 Å². The van der Waals surface area contributed by atoms with Gasteiger partial charge in [0.1, 0.15) is 5.78 Å². The normalized spacial score (nSPS) is 28.4. The first-order valence-corrected chi connectivity index (χ1v) is 7.69. The van der Waals surface area contributed by atoms with Crippen molar-refractivity contribution in [3.05, 3.63) is 0 Å². The zero-order valence-electron chi connectivity index (χ0n) is 12.0. The van der Waals surface area contributed by atoms with Crippen molar-refractivity contribution in [2.45, 2.75) is 52.0 Å². The summed E-state index contributed by atoms with van der Waals surface area (Å²) in [5.41, 5.74) is 0. The van der Waals surface area contributed by atoms with Crippen LogP contribution in [-0.4, -0.2) is 54.3 Å². The van der Waals surface area contributed by atoms with Crippen LogP contribution in [-0.2, 0) is 4.79 Å². The zero-order valence-corrected chi connectivity index (χ0v) is 12.0. The van der Waals surface area contributed by atoms with Gasteiger partial charge in [0.05, 0.1) is 6.54 Å².